The first-order valence-electron chi connectivity index (χ1n) is 8.89. The fourth-order valence-electron chi connectivity index (χ4n) is 3.42. The standard InChI is InChI=1S/C18H30N2O3/c1-3-19(4-2)18(22)14-20-11-7-5-6-9-15(20)13-16(21)17-10-8-12-23-17/h8,10,12,15-16,21H,3-7,9,11,13-14H2,1-2H3. The smallest absolute Gasteiger partial charge is 0.236 e. The second-order valence-corrected chi connectivity index (χ2v) is 6.31. The average molecular weight is 322 g/mol. The lowest BCUT2D eigenvalue weighted by atomic mass is 10.0. The first-order valence-corrected chi connectivity index (χ1v) is 8.89. The maximum absolute atomic E-state index is 12.4. The lowest BCUT2D eigenvalue weighted by Gasteiger charge is -2.32. The molecule has 2 atom stereocenters. The van der Waals surface area contributed by atoms with E-state index in [0.29, 0.717) is 18.7 Å². The van der Waals surface area contributed by atoms with Crippen LogP contribution in [0.4, 0.5) is 0 Å². The van der Waals surface area contributed by atoms with Crippen LogP contribution < -0.4 is 0 Å². The SMILES string of the molecule is CCN(CC)C(=O)CN1CCCCCC1CC(O)c1ccco1. The van der Waals surface area contributed by atoms with Gasteiger partial charge in [-0.2, -0.15) is 0 Å². The van der Waals surface area contributed by atoms with Gasteiger partial charge in [-0.1, -0.05) is 12.8 Å². The molecule has 0 radical (unpaired) electrons. The number of aliphatic hydroxyl groups is 1. The highest BCUT2D eigenvalue weighted by molar-refractivity contribution is 5.78. The molecule has 2 rings (SSSR count). The topological polar surface area (TPSA) is 56.9 Å². The molecule has 0 spiro atoms. The highest BCUT2D eigenvalue weighted by Crippen LogP contribution is 2.26. The molecule has 1 fully saturated rings. The van der Waals surface area contributed by atoms with E-state index in [0.717, 1.165) is 38.9 Å². The molecule has 2 unspecified atom stereocenters. The van der Waals surface area contributed by atoms with Crippen LogP contribution in [0, 0.1) is 0 Å². The summed E-state index contributed by atoms with van der Waals surface area (Å²) in [6, 6.07) is 3.84. The first kappa shape index (κ1) is 18.0. The fourth-order valence-corrected chi connectivity index (χ4v) is 3.42. The van der Waals surface area contributed by atoms with Gasteiger partial charge in [0.1, 0.15) is 11.9 Å². The molecule has 1 aliphatic heterocycles. The number of carbonyl (C=O) groups is 1. The van der Waals surface area contributed by atoms with E-state index in [-0.39, 0.29) is 11.9 Å². The van der Waals surface area contributed by atoms with Gasteiger partial charge in [-0.15, -0.1) is 0 Å². The third-order valence-corrected chi connectivity index (χ3v) is 4.82. The largest absolute Gasteiger partial charge is 0.467 e. The maximum Gasteiger partial charge on any atom is 0.236 e. The Labute approximate surface area is 139 Å². The van der Waals surface area contributed by atoms with E-state index in [2.05, 4.69) is 4.90 Å². The Morgan fingerprint density at radius 3 is 2.83 bits per heavy atom. The van der Waals surface area contributed by atoms with E-state index in [1.807, 2.05) is 24.8 Å². The summed E-state index contributed by atoms with van der Waals surface area (Å²) in [7, 11) is 0. The second-order valence-electron chi connectivity index (χ2n) is 6.31. The van der Waals surface area contributed by atoms with Crippen molar-refractivity contribution in [3.8, 4) is 0 Å². The number of likely N-dealkylation sites (tertiary alicyclic amines) is 1. The number of furan rings is 1. The van der Waals surface area contributed by atoms with Crippen LogP contribution in [-0.2, 0) is 4.79 Å². The number of rotatable bonds is 7. The Morgan fingerprint density at radius 2 is 2.17 bits per heavy atom. The molecule has 0 aromatic carbocycles. The number of nitrogens with zero attached hydrogens (tertiary/aromatic N) is 2. The van der Waals surface area contributed by atoms with Gasteiger partial charge < -0.3 is 14.4 Å². The van der Waals surface area contributed by atoms with Crippen molar-refractivity contribution in [3.05, 3.63) is 24.2 Å². The number of carbonyl (C=O) groups excluding carboxylic acids is 1. The van der Waals surface area contributed by atoms with Crippen molar-refractivity contribution in [2.75, 3.05) is 26.2 Å². The van der Waals surface area contributed by atoms with Gasteiger partial charge in [-0.3, -0.25) is 9.69 Å². The van der Waals surface area contributed by atoms with Crippen molar-refractivity contribution in [1.82, 2.24) is 9.80 Å². The Bertz CT molecular complexity index is 457. The maximum atomic E-state index is 12.4. The van der Waals surface area contributed by atoms with Crippen LogP contribution >= 0.6 is 0 Å². The monoisotopic (exact) mass is 322 g/mol. The molecule has 1 N–H and O–H groups in total. The molecule has 23 heavy (non-hydrogen) atoms. The molecule has 130 valence electrons. The van der Waals surface area contributed by atoms with E-state index in [4.69, 9.17) is 4.42 Å². The molecule has 1 aromatic heterocycles. The van der Waals surface area contributed by atoms with Crippen LogP contribution in [0.3, 0.4) is 0 Å². The van der Waals surface area contributed by atoms with E-state index in [9.17, 15) is 9.90 Å². The summed E-state index contributed by atoms with van der Waals surface area (Å²) in [5.41, 5.74) is 0. The van der Waals surface area contributed by atoms with Crippen LogP contribution in [0.25, 0.3) is 0 Å². The number of likely N-dealkylation sites (N-methyl/N-ethyl adjacent to an activating group) is 1. The molecule has 0 saturated carbocycles. The predicted octanol–water partition coefficient (Wildman–Crippen LogP) is 2.82. The number of amides is 1. The summed E-state index contributed by atoms with van der Waals surface area (Å²) in [6.45, 7) is 6.93. The van der Waals surface area contributed by atoms with Gasteiger partial charge >= 0.3 is 0 Å². The Balaban J connectivity index is 2.00. The van der Waals surface area contributed by atoms with Crippen LogP contribution in [-0.4, -0.2) is 53.0 Å². The molecule has 1 amide bonds. The molecular weight excluding hydrogens is 292 g/mol. The van der Waals surface area contributed by atoms with E-state index < -0.39 is 6.10 Å². The number of hydrogen-bond acceptors (Lipinski definition) is 4. The zero-order valence-electron chi connectivity index (χ0n) is 14.4. The third-order valence-electron chi connectivity index (χ3n) is 4.82. The molecule has 1 aliphatic rings. The molecule has 5 nitrogen and oxygen atoms in total. The van der Waals surface area contributed by atoms with Crippen molar-refractivity contribution in [2.45, 2.75) is 58.1 Å². The minimum absolute atomic E-state index is 0.189. The van der Waals surface area contributed by atoms with E-state index >= 15 is 0 Å². The van der Waals surface area contributed by atoms with Gasteiger partial charge in [0.15, 0.2) is 0 Å². The van der Waals surface area contributed by atoms with Crippen molar-refractivity contribution in [2.24, 2.45) is 0 Å². The summed E-state index contributed by atoms with van der Waals surface area (Å²) in [6.07, 6.45) is 6.13. The Morgan fingerprint density at radius 1 is 1.39 bits per heavy atom. The Hall–Kier alpha value is -1.33. The number of aliphatic hydroxyl groups excluding tert-OH is 1. The molecule has 1 aromatic rings. The van der Waals surface area contributed by atoms with Crippen molar-refractivity contribution in [3.63, 3.8) is 0 Å². The van der Waals surface area contributed by atoms with Crippen molar-refractivity contribution >= 4 is 5.91 Å². The second kappa shape index (κ2) is 9.08. The first-order chi connectivity index (χ1) is 11.2. The van der Waals surface area contributed by atoms with Gasteiger partial charge in [0.25, 0.3) is 0 Å². The minimum atomic E-state index is -0.598. The fraction of sp³-hybridized carbons (Fsp3) is 0.722. The summed E-state index contributed by atoms with van der Waals surface area (Å²) >= 11 is 0. The molecular formula is C18H30N2O3. The molecule has 2 heterocycles. The van der Waals surface area contributed by atoms with Crippen LogP contribution in [0.1, 0.15) is 57.8 Å². The highest BCUT2D eigenvalue weighted by Gasteiger charge is 2.27. The summed E-state index contributed by atoms with van der Waals surface area (Å²) < 4.78 is 5.31. The lowest BCUT2D eigenvalue weighted by Crippen LogP contribution is -2.45. The van der Waals surface area contributed by atoms with Crippen LogP contribution in [0.15, 0.2) is 22.8 Å². The van der Waals surface area contributed by atoms with Crippen LogP contribution in [0.5, 0.6) is 0 Å². The highest BCUT2D eigenvalue weighted by atomic mass is 16.4. The molecule has 1 saturated heterocycles. The minimum Gasteiger partial charge on any atom is -0.467 e. The van der Waals surface area contributed by atoms with Gasteiger partial charge in [-0.05, 0) is 51.8 Å². The zero-order chi connectivity index (χ0) is 16.7. The summed E-state index contributed by atoms with van der Waals surface area (Å²) in [5, 5.41) is 10.4. The third kappa shape index (κ3) is 5.08. The summed E-state index contributed by atoms with van der Waals surface area (Å²) in [5.74, 6) is 0.804. The quantitative estimate of drug-likeness (QED) is 0.838. The van der Waals surface area contributed by atoms with Gasteiger partial charge in [0.05, 0.1) is 12.8 Å². The van der Waals surface area contributed by atoms with Crippen molar-refractivity contribution < 1.29 is 14.3 Å². The zero-order valence-corrected chi connectivity index (χ0v) is 14.4. The normalized spacial score (nSPS) is 20.9. The average Bonchev–Trinajstić information content (AvgIpc) is 3.00. The van der Waals surface area contributed by atoms with Gasteiger partial charge in [0, 0.05) is 19.1 Å². The number of hydrogen-bond donors (Lipinski definition) is 1. The molecule has 0 bridgehead atoms. The predicted molar refractivity (Wildman–Crippen MR) is 90.0 cm³/mol. The Kier molecular flexibility index (Phi) is 7.12. The van der Waals surface area contributed by atoms with Crippen LogP contribution in [0.2, 0.25) is 0 Å². The lowest BCUT2D eigenvalue weighted by molar-refractivity contribution is -0.132. The summed E-state index contributed by atoms with van der Waals surface area (Å²) in [4.78, 5) is 16.6. The van der Waals surface area contributed by atoms with E-state index in [1.165, 1.54) is 6.42 Å². The van der Waals surface area contributed by atoms with Crippen molar-refractivity contribution in [1.29, 1.82) is 0 Å². The molecule has 5 heteroatoms. The van der Waals surface area contributed by atoms with E-state index in [1.54, 1.807) is 12.3 Å². The van der Waals surface area contributed by atoms with Gasteiger partial charge in [-0.25, -0.2) is 0 Å². The van der Waals surface area contributed by atoms with Gasteiger partial charge in [0.2, 0.25) is 5.91 Å². The molecule has 0 aliphatic carbocycles.